The Morgan fingerprint density at radius 1 is 1.35 bits per heavy atom. The minimum absolute atomic E-state index is 0.0575. The number of amides is 2. The number of hydrogen-bond acceptors (Lipinski definition) is 3. The second-order valence-corrected chi connectivity index (χ2v) is 3.69. The van der Waals surface area contributed by atoms with E-state index in [4.69, 9.17) is 10.4 Å². The molecule has 0 radical (unpaired) electrons. The Hall–Kier alpha value is -1.77. The normalized spacial score (nSPS) is 9.47. The van der Waals surface area contributed by atoms with Gasteiger partial charge in [0.05, 0.1) is 12.5 Å². The third-order valence-corrected chi connectivity index (χ3v) is 2.36. The molecule has 0 bridgehead atoms. The quantitative estimate of drug-likeness (QED) is 0.724. The Morgan fingerprint density at radius 2 is 2.00 bits per heavy atom. The van der Waals surface area contributed by atoms with Crippen LogP contribution in [0, 0.1) is 11.3 Å². The van der Waals surface area contributed by atoms with Crippen molar-refractivity contribution in [2.45, 2.75) is 26.2 Å². The summed E-state index contributed by atoms with van der Waals surface area (Å²) in [5.41, 5.74) is 0. The molecule has 0 spiro atoms. The van der Waals surface area contributed by atoms with Crippen LogP contribution in [0.25, 0.3) is 0 Å². The average molecular weight is 241 g/mol. The van der Waals surface area contributed by atoms with Gasteiger partial charge in [0.25, 0.3) is 0 Å². The first-order valence-corrected chi connectivity index (χ1v) is 5.61. The van der Waals surface area contributed by atoms with Crippen molar-refractivity contribution in [2.24, 2.45) is 0 Å². The van der Waals surface area contributed by atoms with Crippen molar-refractivity contribution in [3.05, 3.63) is 0 Å². The van der Waals surface area contributed by atoms with E-state index in [1.165, 1.54) is 4.90 Å². The van der Waals surface area contributed by atoms with Gasteiger partial charge < -0.3 is 14.9 Å². The summed E-state index contributed by atoms with van der Waals surface area (Å²) in [5, 5.41) is 17.0. The maximum Gasteiger partial charge on any atom is 0.319 e. The van der Waals surface area contributed by atoms with Gasteiger partial charge in [-0.25, -0.2) is 4.79 Å². The van der Waals surface area contributed by atoms with Gasteiger partial charge in [-0.2, -0.15) is 5.26 Å². The number of carboxylic acid groups (broad SMARTS) is 1. The Bertz CT molecular complexity index is 299. The van der Waals surface area contributed by atoms with Crippen LogP contribution in [0.2, 0.25) is 0 Å². The van der Waals surface area contributed by atoms with Crippen LogP contribution in [0.4, 0.5) is 4.79 Å². The van der Waals surface area contributed by atoms with Crippen molar-refractivity contribution in [3.8, 4) is 6.07 Å². The van der Waals surface area contributed by atoms with E-state index in [-0.39, 0.29) is 12.5 Å². The summed E-state index contributed by atoms with van der Waals surface area (Å²) in [4.78, 5) is 25.2. The molecule has 0 aliphatic carbocycles. The standard InChI is InChI=1S/C11H19N3O3/c1-3-14(9-5-7-12)11(17)13(2)8-4-6-10(15)16/h3-6,8-9H2,1-2H3,(H,15,16). The van der Waals surface area contributed by atoms with Crippen molar-refractivity contribution in [1.82, 2.24) is 9.80 Å². The second-order valence-electron chi connectivity index (χ2n) is 3.69. The molecule has 1 N–H and O–H groups in total. The van der Waals surface area contributed by atoms with Gasteiger partial charge in [0, 0.05) is 33.1 Å². The maximum atomic E-state index is 11.9. The number of nitrogens with zero attached hydrogens (tertiary/aromatic N) is 3. The topological polar surface area (TPSA) is 84.6 Å². The number of carbonyl (C=O) groups is 2. The summed E-state index contributed by atoms with van der Waals surface area (Å²) in [5.74, 6) is -0.859. The van der Waals surface area contributed by atoms with Crippen LogP contribution in [-0.2, 0) is 4.79 Å². The van der Waals surface area contributed by atoms with E-state index >= 15 is 0 Å². The molecule has 0 heterocycles. The molecule has 0 aromatic rings. The number of carbonyl (C=O) groups excluding carboxylic acids is 1. The molecule has 0 aliphatic heterocycles. The fourth-order valence-corrected chi connectivity index (χ4v) is 1.38. The predicted molar refractivity (Wildman–Crippen MR) is 62.4 cm³/mol. The fourth-order valence-electron chi connectivity index (χ4n) is 1.38. The lowest BCUT2D eigenvalue weighted by atomic mass is 10.3. The Kier molecular flexibility index (Phi) is 7.52. The molecule has 0 aliphatic rings. The van der Waals surface area contributed by atoms with E-state index in [9.17, 15) is 9.59 Å². The van der Waals surface area contributed by atoms with Crippen molar-refractivity contribution < 1.29 is 14.7 Å². The number of nitriles is 1. The number of hydrogen-bond donors (Lipinski definition) is 1. The summed E-state index contributed by atoms with van der Waals surface area (Å²) in [6.45, 7) is 3.22. The minimum Gasteiger partial charge on any atom is -0.481 e. The molecule has 0 saturated heterocycles. The number of aliphatic carboxylic acids is 1. The van der Waals surface area contributed by atoms with Gasteiger partial charge in [-0.15, -0.1) is 0 Å². The average Bonchev–Trinajstić information content (AvgIpc) is 2.29. The van der Waals surface area contributed by atoms with Crippen molar-refractivity contribution in [3.63, 3.8) is 0 Å². The molecule has 0 saturated carbocycles. The Morgan fingerprint density at radius 3 is 2.47 bits per heavy atom. The van der Waals surface area contributed by atoms with E-state index < -0.39 is 5.97 Å². The number of urea groups is 1. The molecular formula is C11H19N3O3. The lowest BCUT2D eigenvalue weighted by Crippen LogP contribution is -2.42. The number of rotatable bonds is 7. The summed E-state index contributed by atoms with van der Waals surface area (Å²) >= 11 is 0. The van der Waals surface area contributed by atoms with E-state index in [1.807, 2.05) is 13.0 Å². The van der Waals surface area contributed by atoms with Crippen LogP contribution in [0.5, 0.6) is 0 Å². The molecule has 6 heteroatoms. The first-order valence-electron chi connectivity index (χ1n) is 5.61. The SMILES string of the molecule is CCN(CCC#N)C(=O)N(C)CCCC(=O)O. The second kappa shape index (κ2) is 8.39. The van der Waals surface area contributed by atoms with Crippen molar-refractivity contribution in [1.29, 1.82) is 5.26 Å². The van der Waals surface area contributed by atoms with Crippen LogP contribution >= 0.6 is 0 Å². The monoisotopic (exact) mass is 241 g/mol. The van der Waals surface area contributed by atoms with Crippen LogP contribution < -0.4 is 0 Å². The summed E-state index contributed by atoms with van der Waals surface area (Å²) in [6, 6.07) is 1.84. The van der Waals surface area contributed by atoms with Gasteiger partial charge in [0.15, 0.2) is 0 Å². The minimum atomic E-state index is -0.859. The molecule has 0 rings (SSSR count). The van der Waals surface area contributed by atoms with Gasteiger partial charge >= 0.3 is 12.0 Å². The molecule has 0 atom stereocenters. The summed E-state index contributed by atoms with van der Waals surface area (Å²) in [7, 11) is 1.64. The fraction of sp³-hybridized carbons (Fsp3) is 0.727. The molecule has 96 valence electrons. The molecule has 0 fully saturated rings. The zero-order chi connectivity index (χ0) is 13.3. The molecule has 0 unspecified atom stereocenters. The van der Waals surface area contributed by atoms with Gasteiger partial charge in [0.1, 0.15) is 0 Å². The molecule has 0 aromatic carbocycles. The molecule has 0 aromatic heterocycles. The molecule has 17 heavy (non-hydrogen) atoms. The Labute approximate surface area is 101 Å². The van der Waals surface area contributed by atoms with E-state index in [1.54, 1.807) is 11.9 Å². The highest BCUT2D eigenvalue weighted by Crippen LogP contribution is 2.01. The van der Waals surface area contributed by atoms with Gasteiger partial charge in [-0.3, -0.25) is 4.79 Å². The van der Waals surface area contributed by atoms with Crippen molar-refractivity contribution >= 4 is 12.0 Å². The third-order valence-electron chi connectivity index (χ3n) is 2.36. The molecular weight excluding hydrogens is 222 g/mol. The zero-order valence-corrected chi connectivity index (χ0v) is 10.3. The highest BCUT2D eigenvalue weighted by atomic mass is 16.4. The summed E-state index contributed by atoms with van der Waals surface area (Å²) in [6.07, 6.45) is 0.803. The van der Waals surface area contributed by atoms with Crippen LogP contribution in [-0.4, -0.2) is 53.6 Å². The van der Waals surface area contributed by atoms with Gasteiger partial charge in [-0.05, 0) is 13.3 Å². The first kappa shape index (κ1) is 15.2. The highest BCUT2D eigenvalue weighted by molar-refractivity contribution is 5.74. The lowest BCUT2D eigenvalue weighted by molar-refractivity contribution is -0.137. The van der Waals surface area contributed by atoms with E-state index in [0.29, 0.717) is 32.5 Å². The number of carboxylic acids is 1. The summed E-state index contributed by atoms with van der Waals surface area (Å²) < 4.78 is 0. The van der Waals surface area contributed by atoms with Crippen LogP contribution in [0.15, 0.2) is 0 Å². The molecule has 2 amide bonds. The highest BCUT2D eigenvalue weighted by Gasteiger charge is 2.15. The van der Waals surface area contributed by atoms with E-state index in [0.717, 1.165) is 0 Å². The zero-order valence-electron chi connectivity index (χ0n) is 10.3. The smallest absolute Gasteiger partial charge is 0.319 e. The van der Waals surface area contributed by atoms with E-state index in [2.05, 4.69) is 0 Å². The van der Waals surface area contributed by atoms with Crippen molar-refractivity contribution in [2.75, 3.05) is 26.7 Å². The van der Waals surface area contributed by atoms with Crippen LogP contribution in [0.3, 0.4) is 0 Å². The predicted octanol–water partition coefficient (Wildman–Crippen LogP) is 1.14. The third kappa shape index (κ3) is 6.40. The largest absolute Gasteiger partial charge is 0.481 e. The maximum absolute atomic E-state index is 11.9. The molecule has 6 nitrogen and oxygen atoms in total. The first-order chi connectivity index (χ1) is 8.02. The van der Waals surface area contributed by atoms with Gasteiger partial charge in [-0.1, -0.05) is 0 Å². The van der Waals surface area contributed by atoms with Gasteiger partial charge in [0.2, 0.25) is 0 Å². The lowest BCUT2D eigenvalue weighted by Gasteiger charge is -2.26. The van der Waals surface area contributed by atoms with Crippen LogP contribution in [0.1, 0.15) is 26.2 Å². The Balaban J connectivity index is 4.08.